The lowest BCUT2D eigenvalue weighted by molar-refractivity contribution is 0.234. The lowest BCUT2D eigenvalue weighted by atomic mass is 9.99. The minimum absolute atomic E-state index is 0.107. The van der Waals surface area contributed by atoms with Crippen molar-refractivity contribution in [3.05, 3.63) is 39.8 Å². The summed E-state index contributed by atoms with van der Waals surface area (Å²) in [4.78, 5) is 14.8. The van der Waals surface area contributed by atoms with Crippen LogP contribution in [0.25, 0.3) is 0 Å². The van der Waals surface area contributed by atoms with E-state index in [4.69, 9.17) is 0 Å². The molecule has 0 bridgehead atoms. The lowest BCUT2D eigenvalue weighted by Crippen LogP contribution is -2.36. The van der Waals surface area contributed by atoms with Crippen LogP contribution in [0, 0.1) is 0 Å². The van der Waals surface area contributed by atoms with E-state index in [1.54, 1.807) is 6.08 Å². The van der Waals surface area contributed by atoms with Gasteiger partial charge in [-0.05, 0) is 94.0 Å². The Labute approximate surface area is 173 Å². The molecule has 4 rings (SSSR count). The van der Waals surface area contributed by atoms with E-state index >= 15 is 0 Å². The van der Waals surface area contributed by atoms with Crippen LogP contribution in [0.3, 0.4) is 0 Å². The van der Waals surface area contributed by atoms with Crippen molar-refractivity contribution in [1.29, 1.82) is 0 Å². The molecule has 2 aliphatic carbocycles. The van der Waals surface area contributed by atoms with Crippen molar-refractivity contribution >= 4 is 21.7 Å². The Morgan fingerprint density at radius 1 is 1.10 bits per heavy atom. The minimum Gasteiger partial charge on any atom is -0.307 e. The first-order valence-electron chi connectivity index (χ1n) is 10.8. The summed E-state index contributed by atoms with van der Waals surface area (Å²) in [6, 6.07) is 2.09. The molecule has 1 heterocycles. The maximum atomic E-state index is 12.6. The van der Waals surface area contributed by atoms with Crippen LogP contribution in [0.4, 0.5) is 10.5 Å². The molecule has 1 unspecified atom stereocenters. The molecule has 1 aromatic rings. The van der Waals surface area contributed by atoms with Gasteiger partial charge in [0.05, 0.1) is 0 Å². The number of sulfonamides is 1. The molecule has 2 amide bonds. The van der Waals surface area contributed by atoms with Gasteiger partial charge in [0, 0.05) is 23.2 Å². The first-order valence-corrected chi connectivity index (χ1v) is 12.3. The molecule has 1 aliphatic heterocycles. The van der Waals surface area contributed by atoms with Crippen LogP contribution in [-0.4, -0.2) is 38.0 Å². The number of anilines is 1. The van der Waals surface area contributed by atoms with E-state index in [2.05, 4.69) is 34.9 Å². The molecular weight excluding hydrogens is 386 g/mol. The van der Waals surface area contributed by atoms with E-state index in [0.717, 1.165) is 69.0 Å². The van der Waals surface area contributed by atoms with Crippen molar-refractivity contribution in [2.24, 2.45) is 0 Å². The second-order valence-electron chi connectivity index (χ2n) is 8.70. The van der Waals surface area contributed by atoms with Crippen molar-refractivity contribution in [3.63, 3.8) is 0 Å². The molecule has 7 heteroatoms. The smallest absolute Gasteiger partial charge is 0.307 e. The first-order chi connectivity index (χ1) is 13.8. The molecule has 6 nitrogen and oxygen atoms in total. The Morgan fingerprint density at radius 2 is 1.76 bits per heavy atom. The Balaban J connectivity index is 1.46. The van der Waals surface area contributed by atoms with Crippen molar-refractivity contribution < 1.29 is 13.2 Å². The number of nitrogens with one attached hydrogen (secondary N) is 2. The molecule has 0 saturated carbocycles. The molecule has 1 saturated heterocycles. The van der Waals surface area contributed by atoms with Gasteiger partial charge in [-0.15, -0.1) is 0 Å². The second-order valence-corrected chi connectivity index (χ2v) is 10.3. The Kier molecular flexibility index (Phi) is 5.71. The number of rotatable bonds is 5. The molecule has 158 valence electrons. The van der Waals surface area contributed by atoms with Crippen LogP contribution in [-0.2, 0) is 35.7 Å². The number of carbonyl (C=O) groups excluding carboxylic acids is 1. The molecule has 2 N–H and O–H groups in total. The van der Waals surface area contributed by atoms with Crippen molar-refractivity contribution in [2.45, 2.75) is 77.3 Å². The molecular formula is C22H31N3O3S. The number of urea groups is 1. The predicted octanol–water partition coefficient (Wildman–Crippen LogP) is 3.50. The van der Waals surface area contributed by atoms with Gasteiger partial charge in [-0.1, -0.05) is 12.1 Å². The van der Waals surface area contributed by atoms with Crippen LogP contribution < -0.4 is 10.0 Å². The van der Waals surface area contributed by atoms with Gasteiger partial charge in [-0.2, -0.15) is 0 Å². The molecule has 0 aromatic heterocycles. The largest absolute Gasteiger partial charge is 0.333 e. The van der Waals surface area contributed by atoms with E-state index in [9.17, 15) is 13.2 Å². The van der Waals surface area contributed by atoms with E-state index in [-0.39, 0.29) is 6.04 Å². The fraction of sp³-hybridized carbons (Fsp3) is 0.591. The van der Waals surface area contributed by atoms with Gasteiger partial charge in [-0.3, -0.25) is 4.90 Å². The Hall–Kier alpha value is -1.86. The van der Waals surface area contributed by atoms with E-state index in [1.165, 1.54) is 22.3 Å². The summed E-state index contributed by atoms with van der Waals surface area (Å²) < 4.78 is 27.1. The van der Waals surface area contributed by atoms with Gasteiger partial charge in [0.2, 0.25) is 0 Å². The summed E-state index contributed by atoms with van der Waals surface area (Å²) in [5, 5.41) is 4.03. The zero-order chi connectivity index (χ0) is 20.6. The van der Waals surface area contributed by atoms with Crippen molar-refractivity contribution in [2.75, 3.05) is 11.9 Å². The highest BCUT2D eigenvalue weighted by Gasteiger charge is 2.27. The fourth-order valence-corrected chi connectivity index (χ4v) is 5.89. The summed E-state index contributed by atoms with van der Waals surface area (Å²) in [6.07, 6.45) is 9.84. The average Bonchev–Trinajstić information content (AvgIpc) is 3.39. The highest BCUT2D eigenvalue weighted by atomic mass is 32.2. The summed E-state index contributed by atoms with van der Waals surface area (Å²) in [7, 11) is -3.83. The fourth-order valence-electron chi connectivity index (χ4n) is 5.13. The van der Waals surface area contributed by atoms with Crippen LogP contribution in [0.1, 0.15) is 61.8 Å². The van der Waals surface area contributed by atoms with Gasteiger partial charge in [-0.25, -0.2) is 17.9 Å². The van der Waals surface area contributed by atoms with Crippen LogP contribution in [0.2, 0.25) is 0 Å². The van der Waals surface area contributed by atoms with Crippen molar-refractivity contribution in [1.82, 2.24) is 9.62 Å². The summed E-state index contributed by atoms with van der Waals surface area (Å²) in [5.41, 5.74) is 5.84. The number of nitrogens with zero attached hydrogens (tertiary/aromatic N) is 1. The Bertz CT molecular complexity index is 905. The number of hydrogen-bond acceptors (Lipinski definition) is 4. The topological polar surface area (TPSA) is 78.5 Å². The maximum Gasteiger partial charge on any atom is 0.333 e. The number of hydrogen-bond donors (Lipinski definition) is 2. The number of benzene rings is 1. The highest BCUT2D eigenvalue weighted by molar-refractivity contribution is 7.92. The number of amides is 2. The molecule has 3 aliphatic rings. The van der Waals surface area contributed by atoms with Gasteiger partial charge < -0.3 is 5.32 Å². The summed E-state index contributed by atoms with van der Waals surface area (Å²) in [5.74, 6) is 0. The monoisotopic (exact) mass is 417 g/mol. The summed E-state index contributed by atoms with van der Waals surface area (Å²) in [6.45, 7) is 5.21. The van der Waals surface area contributed by atoms with E-state index < -0.39 is 16.1 Å². The lowest BCUT2D eigenvalue weighted by Gasteiger charge is -2.25. The SMILES string of the molecule is CC(C)N1CCCC1/C=C\S(=O)(=O)NC(=O)Nc1c2c(cc3c1CCC3)CCC2. The third-order valence-electron chi connectivity index (χ3n) is 6.43. The molecule has 0 spiro atoms. The number of likely N-dealkylation sites (tertiary alicyclic amines) is 1. The zero-order valence-corrected chi connectivity index (χ0v) is 18.1. The van der Waals surface area contributed by atoms with Crippen LogP contribution in [0.5, 0.6) is 0 Å². The number of fused-ring (bicyclic) bond motifs is 2. The molecule has 1 fully saturated rings. The molecule has 29 heavy (non-hydrogen) atoms. The van der Waals surface area contributed by atoms with Gasteiger partial charge >= 0.3 is 6.03 Å². The minimum atomic E-state index is -3.83. The first kappa shape index (κ1) is 20.4. The van der Waals surface area contributed by atoms with Gasteiger partial charge in [0.25, 0.3) is 10.0 Å². The number of carbonyl (C=O) groups is 1. The average molecular weight is 418 g/mol. The molecule has 1 aromatic carbocycles. The van der Waals surface area contributed by atoms with Gasteiger partial charge in [0.1, 0.15) is 0 Å². The zero-order valence-electron chi connectivity index (χ0n) is 17.3. The third-order valence-corrected chi connectivity index (χ3v) is 7.42. The quantitative estimate of drug-likeness (QED) is 0.769. The normalized spacial score (nSPS) is 21.7. The second kappa shape index (κ2) is 8.11. The van der Waals surface area contributed by atoms with Crippen LogP contribution in [0.15, 0.2) is 17.6 Å². The third kappa shape index (κ3) is 4.36. The van der Waals surface area contributed by atoms with Gasteiger partial charge in [0.15, 0.2) is 0 Å². The molecule has 1 atom stereocenters. The van der Waals surface area contributed by atoms with Crippen molar-refractivity contribution in [3.8, 4) is 0 Å². The van der Waals surface area contributed by atoms with E-state index in [1.807, 2.05) is 0 Å². The Morgan fingerprint density at radius 3 is 2.38 bits per heavy atom. The van der Waals surface area contributed by atoms with E-state index in [0.29, 0.717) is 6.04 Å². The predicted molar refractivity (Wildman–Crippen MR) is 116 cm³/mol. The van der Waals surface area contributed by atoms with Crippen LogP contribution >= 0.6 is 0 Å². The standard InChI is InChI=1S/C22H31N3O3S/c1-15(2)25-12-5-8-18(25)11-13-29(27,28)24-22(26)23-21-19-9-3-6-16(19)14-17-7-4-10-20(17)21/h11,13-15,18H,3-10,12H2,1-2H3,(H2,23,24,26)/b13-11-. The molecule has 0 radical (unpaired) electrons. The number of aryl methyl sites for hydroxylation is 2. The highest BCUT2D eigenvalue weighted by Crippen LogP contribution is 2.38. The maximum absolute atomic E-state index is 12.6. The summed E-state index contributed by atoms with van der Waals surface area (Å²) >= 11 is 0.